The largest absolute Gasteiger partial charge is 0.396 e. The lowest BCUT2D eigenvalue weighted by atomic mass is 9.92. The van der Waals surface area contributed by atoms with Gasteiger partial charge in [-0.2, -0.15) is 0 Å². The zero-order chi connectivity index (χ0) is 56.6. The molecule has 33 nitrogen and oxygen atoms in total. The summed E-state index contributed by atoms with van der Waals surface area (Å²) < 4.78 is 58.1. The predicted octanol–water partition coefficient (Wildman–Crippen LogP) is -12.6. The molecule has 0 aromatic rings. The van der Waals surface area contributed by atoms with Gasteiger partial charge in [0.1, 0.15) is 128 Å². The molecule has 442 valence electrons. The molecule has 0 aromatic heterocycles. The zero-order valence-corrected chi connectivity index (χ0v) is 41.6. The summed E-state index contributed by atoms with van der Waals surface area (Å²) in [5.41, 5.74) is 0. The summed E-state index contributed by atoms with van der Waals surface area (Å²) in [7, 11) is 0. The minimum atomic E-state index is -2.38. The average Bonchev–Trinajstić information content (AvgIpc) is 3.37. The van der Waals surface area contributed by atoms with Gasteiger partial charge in [-0.3, -0.25) is 14.4 Å². The first-order valence-electron chi connectivity index (χ1n) is 24.4. The lowest BCUT2D eigenvalue weighted by Gasteiger charge is -2.50. The van der Waals surface area contributed by atoms with E-state index >= 15 is 0 Å². The number of nitrogens with one attached hydrogen (secondary N) is 3. The Hall–Kier alpha value is -2.67. The Morgan fingerprint density at radius 3 is 1.51 bits per heavy atom. The van der Waals surface area contributed by atoms with E-state index in [1.807, 2.05) is 0 Å². The summed E-state index contributed by atoms with van der Waals surface area (Å²) in [4.78, 5) is 36.7. The van der Waals surface area contributed by atoms with Crippen LogP contribution in [0.2, 0.25) is 0 Å². The Labute approximate surface area is 433 Å². The smallest absolute Gasteiger partial charge is 0.217 e. The minimum absolute atomic E-state index is 0.445. The molecule has 76 heavy (non-hydrogen) atoms. The van der Waals surface area contributed by atoms with Gasteiger partial charge in [-0.15, -0.1) is 0 Å². The fourth-order valence-corrected chi connectivity index (χ4v) is 9.46. The van der Waals surface area contributed by atoms with Crippen molar-refractivity contribution in [1.82, 2.24) is 16.0 Å². The third-order valence-electron chi connectivity index (χ3n) is 13.5. The van der Waals surface area contributed by atoms with Gasteiger partial charge in [0.05, 0.1) is 51.3 Å². The third kappa shape index (κ3) is 15.0. The summed E-state index contributed by atoms with van der Waals surface area (Å²) in [5.74, 6) is -2.24. The van der Waals surface area contributed by atoms with Crippen LogP contribution >= 0.6 is 0 Å². The first-order chi connectivity index (χ1) is 35.8. The fourth-order valence-electron chi connectivity index (χ4n) is 9.46. The number of carbonyl (C=O) groups excluding carboxylic acids is 3. The lowest BCUT2D eigenvalue weighted by molar-refractivity contribution is -0.385. The van der Waals surface area contributed by atoms with Gasteiger partial charge >= 0.3 is 0 Å². The van der Waals surface area contributed by atoms with Crippen LogP contribution in [0.5, 0.6) is 0 Å². The van der Waals surface area contributed by atoms with Gasteiger partial charge in [0, 0.05) is 27.4 Å². The summed E-state index contributed by atoms with van der Waals surface area (Å²) in [6.07, 6.45) is -49.7. The highest BCUT2D eigenvalue weighted by Gasteiger charge is 2.57. The second kappa shape index (κ2) is 28.7. The molecule has 0 bridgehead atoms. The number of hydrogen-bond donors (Lipinski definition) is 20. The molecular formula is C43H75N3O30. The van der Waals surface area contributed by atoms with E-state index < -0.39 is 242 Å². The Bertz CT molecular complexity index is 1820. The molecule has 0 spiro atoms. The molecule has 29 atom stereocenters. The highest BCUT2D eigenvalue weighted by Crippen LogP contribution is 2.36. The van der Waals surface area contributed by atoms with Crippen molar-refractivity contribution >= 4 is 17.7 Å². The van der Waals surface area contributed by atoms with Crippen LogP contribution in [-0.2, 0) is 61.8 Å². The van der Waals surface area contributed by atoms with Gasteiger partial charge in [0.25, 0.3) is 0 Å². The fraction of sp³-hybridized carbons (Fsp3) is 0.930. The third-order valence-corrected chi connectivity index (χ3v) is 13.5. The van der Waals surface area contributed by atoms with Crippen LogP contribution in [0.15, 0.2) is 0 Å². The molecule has 33 heteroatoms. The van der Waals surface area contributed by atoms with E-state index in [1.165, 1.54) is 13.8 Å². The Morgan fingerprint density at radius 1 is 0.487 bits per heavy atom. The second-order valence-corrected chi connectivity index (χ2v) is 19.1. The zero-order valence-electron chi connectivity index (χ0n) is 41.6. The first-order valence-corrected chi connectivity index (χ1v) is 24.4. The topological polar surface area (TPSA) is 524 Å². The van der Waals surface area contributed by atoms with E-state index in [9.17, 15) is 101 Å². The van der Waals surface area contributed by atoms with Crippen LogP contribution in [0.3, 0.4) is 0 Å². The van der Waals surface area contributed by atoms with E-state index in [-0.39, 0.29) is 0 Å². The van der Waals surface area contributed by atoms with E-state index in [1.54, 1.807) is 0 Å². The van der Waals surface area contributed by atoms with Gasteiger partial charge in [0.2, 0.25) is 17.7 Å². The molecule has 5 rings (SSSR count). The van der Waals surface area contributed by atoms with Gasteiger partial charge in [-0.25, -0.2) is 0 Å². The SMILES string of the molecule is CC(=O)NC(C(O)OC1C(O)[C@H](O)C(CO)O[C@@H]1OCC1O[C@@H](O[C@@H]2C(CO)O[C@@H](O[C@@H]3C(CO)O[C@@H](C)C(NC(C)=O)C3O)C(NC(C)=O)C2O)C(O)C(OC2OC(CO)[C@H](O)C(O)C2O)[C@@H]1O)C(O)[C@H](O)CCO. The summed E-state index contributed by atoms with van der Waals surface area (Å²) in [6.45, 7) is -0.685. The number of amides is 3. The van der Waals surface area contributed by atoms with E-state index in [4.69, 9.17) is 47.4 Å². The minimum Gasteiger partial charge on any atom is -0.396 e. The molecule has 0 aromatic carbocycles. The van der Waals surface area contributed by atoms with Gasteiger partial charge < -0.3 is 150 Å². The maximum absolute atomic E-state index is 12.6. The molecule has 0 saturated carbocycles. The molecule has 3 amide bonds. The van der Waals surface area contributed by atoms with Crippen molar-refractivity contribution in [2.75, 3.05) is 39.6 Å². The quantitative estimate of drug-likeness (QED) is 0.0423. The summed E-state index contributed by atoms with van der Waals surface area (Å²) >= 11 is 0. The molecular weight excluding hydrogens is 1040 g/mol. The lowest BCUT2D eigenvalue weighted by Crippen LogP contribution is -2.70. The Balaban J connectivity index is 1.47. The highest BCUT2D eigenvalue weighted by molar-refractivity contribution is 5.74. The first kappa shape index (κ1) is 64.2. The van der Waals surface area contributed by atoms with Crippen LogP contribution in [0.4, 0.5) is 0 Å². The van der Waals surface area contributed by atoms with Crippen LogP contribution in [0.1, 0.15) is 34.1 Å². The second-order valence-electron chi connectivity index (χ2n) is 19.1. The highest BCUT2D eigenvalue weighted by atomic mass is 16.8. The van der Waals surface area contributed by atoms with Crippen molar-refractivity contribution in [1.29, 1.82) is 0 Å². The van der Waals surface area contributed by atoms with Crippen LogP contribution in [-0.4, -0.2) is 322 Å². The molecule has 0 radical (unpaired) electrons. The Morgan fingerprint density at radius 2 is 0.961 bits per heavy atom. The van der Waals surface area contributed by atoms with Gasteiger partial charge in [-0.1, -0.05) is 0 Å². The standard InChI is InChI=1S/C43H75N3O30/c1-12-22(44-13(2)52)29(60)35(19(9-50)68-12)74-40-24(46-15(4)54)30(61)36(20(10-51)71-40)75-42-34(65)37(76-41-33(64)31(62)26(57)17(7-48)69-41)28(59)21(72-42)11-67-43-38(32(63)27(58)18(8-49)70-43)73-39(66)23(45-14(3)53)25(56)16(55)5-6-47/h12,16-43,47-51,55-66H,5-11H2,1-4H3,(H,44,52)(H,45,53)(H,46,54)/t12-,16+,17?,18?,19?,20?,21?,22?,23?,24?,25?,26-,27+,28+,29?,30?,31?,32?,33?,34?,35+,36+,37?,38?,39?,40-,41?,42-,43-/m0/s1. The Kier molecular flexibility index (Phi) is 24.2. The van der Waals surface area contributed by atoms with E-state index in [0.29, 0.717) is 0 Å². The number of ether oxygens (including phenoxy) is 10. The van der Waals surface area contributed by atoms with Crippen molar-refractivity contribution in [3.05, 3.63) is 0 Å². The maximum Gasteiger partial charge on any atom is 0.217 e. The van der Waals surface area contributed by atoms with Crippen molar-refractivity contribution in [3.63, 3.8) is 0 Å². The predicted molar refractivity (Wildman–Crippen MR) is 239 cm³/mol. The molecule has 5 fully saturated rings. The molecule has 0 aliphatic carbocycles. The number of aliphatic hydroxyl groups is 17. The molecule has 5 aliphatic heterocycles. The molecule has 5 heterocycles. The number of carbonyl (C=O) groups is 3. The average molecular weight is 1110 g/mol. The number of rotatable bonds is 23. The van der Waals surface area contributed by atoms with Crippen molar-refractivity contribution in [2.45, 2.75) is 212 Å². The van der Waals surface area contributed by atoms with Crippen molar-refractivity contribution in [3.8, 4) is 0 Å². The van der Waals surface area contributed by atoms with Crippen molar-refractivity contribution in [2.24, 2.45) is 0 Å². The summed E-state index contributed by atoms with van der Waals surface area (Å²) in [5, 5.41) is 190. The number of aliphatic hydroxyl groups excluding tert-OH is 17. The van der Waals surface area contributed by atoms with Crippen LogP contribution in [0.25, 0.3) is 0 Å². The molecule has 5 aliphatic rings. The summed E-state index contributed by atoms with van der Waals surface area (Å²) in [6, 6.07) is -4.71. The number of hydrogen-bond acceptors (Lipinski definition) is 30. The van der Waals surface area contributed by atoms with Crippen molar-refractivity contribution < 1.29 is 149 Å². The monoisotopic (exact) mass is 1110 g/mol. The van der Waals surface area contributed by atoms with Crippen LogP contribution in [0, 0.1) is 0 Å². The van der Waals surface area contributed by atoms with Gasteiger partial charge in [-0.05, 0) is 13.3 Å². The maximum atomic E-state index is 12.6. The molecule has 19 unspecified atom stereocenters. The normalized spacial score (nSPS) is 43.8. The molecule has 20 N–H and O–H groups in total. The van der Waals surface area contributed by atoms with Gasteiger partial charge in [0.15, 0.2) is 31.5 Å². The van der Waals surface area contributed by atoms with Crippen LogP contribution < -0.4 is 16.0 Å². The van der Waals surface area contributed by atoms with E-state index in [0.717, 1.165) is 13.8 Å². The molecule has 5 saturated heterocycles. The van der Waals surface area contributed by atoms with E-state index in [2.05, 4.69) is 16.0 Å².